The Morgan fingerprint density at radius 2 is 2.06 bits per heavy atom. The highest BCUT2D eigenvalue weighted by Crippen LogP contribution is 2.24. The lowest BCUT2D eigenvalue weighted by Gasteiger charge is -2.00. The van der Waals surface area contributed by atoms with E-state index < -0.39 is 0 Å². The molecule has 0 amide bonds. The molecular weight excluding hydrogens is 268 g/mol. The van der Waals surface area contributed by atoms with Crippen molar-refractivity contribution in [2.75, 3.05) is 0 Å². The van der Waals surface area contributed by atoms with Crippen LogP contribution in [-0.2, 0) is 0 Å². The van der Waals surface area contributed by atoms with Crippen molar-refractivity contribution in [2.24, 2.45) is 5.73 Å². The van der Waals surface area contributed by atoms with E-state index in [-0.39, 0.29) is 6.04 Å². The number of nitrogens with two attached hydrogens (primary N) is 1. The maximum absolute atomic E-state index is 5.87. The lowest BCUT2D eigenvalue weighted by Crippen LogP contribution is -2.06. The zero-order valence-electron chi connectivity index (χ0n) is 8.98. The molecule has 1 aromatic carbocycles. The zero-order chi connectivity index (χ0) is 11.5. The Bertz CT molecular complexity index is 464. The fourth-order valence-electron chi connectivity index (χ4n) is 1.42. The van der Waals surface area contributed by atoms with E-state index in [0.29, 0.717) is 0 Å². The Morgan fingerprint density at radius 1 is 1.38 bits per heavy atom. The van der Waals surface area contributed by atoms with Gasteiger partial charge >= 0.3 is 0 Å². The standard InChI is InChI=1S/C12H13BrN2O/c1-2-10(14)12-7-11(15-16-12)8-3-5-9(13)6-4-8/h3-7,10H,2,14H2,1H3. The molecular formula is C12H13BrN2O. The highest BCUT2D eigenvalue weighted by molar-refractivity contribution is 9.10. The highest BCUT2D eigenvalue weighted by Gasteiger charge is 2.11. The van der Waals surface area contributed by atoms with Crippen LogP contribution in [0, 0.1) is 0 Å². The van der Waals surface area contributed by atoms with Crippen molar-refractivity contribution in [2.45, 2.75) is 19.4 Å². The Kier molecular flexibility index (Phi) is 3.41. The van der Waals surface area contributed by atoms with E-state index in [1.54, 1.807) is 0 Å². The van der Waals surface area contributed by atoms with Crippen molar-refractivity contribution >= 4 is 15.9 Å². The maximum atomic E-state index is 5.87. The molecule has 0 saturated heterocycles. The third kappa shape index (κ3) is 2.33. The average Bonchev–Trinajstić information content (AvgIpc) is 2.78. The molecule has 1 unspecified atom stereocenters. The molecule has 0 fully saturated rings. The minimum atomic E-state index is -0.0725. The molecule has 1 aromatic heterocycles. The largest absolute Gasteiger partial charge is 0.359 e. The number of aromatic nitrogens is 1. The SMILES string of the molecule is CCC(N)c1cc(-c2ccc(Br)cc2)no1. The van der Waals surface area contributed by atoms with Crippen LogP contribution in [0.25, 0.3) is 11.3 Å². The van der Waals surface area contributed by atoms with Crippen molar-refractivity contribution in [3.05, 3.63) is 40.6 Å². The van der Waals surface area contributed by atoms with Gasteiger partial charge < -0.3 is 10.3 Å². The highest BCUT2D eigenvalue weighted by atomic mass is 79.9. The number of benzene rings is 1. The molecule has 2 aromatic rings. The average molecular weight is 281 g/mol. The van der Waals surface area contributed by atoms with Gasteiger partial charge in [-0.1, -0.05) is 40.1 Å². The van der Waals surface area contributed by atoms with Gasteiger partial charge in [-0.2, -0.15) is 0 Å². The predicted octanol–water partition coefficient (Wildman–Crippen LogP) is 3.51. The molecule has 1 heterocycles. The second-order valence-electron chi connectivity index (χ2n) is 3.64. The first-order valence-corrected chi connectivity index (χ1v) is 5.98. The fourth-order valence-corrected chi connectivity index (χ4v) is 1.69. The van der Waals surface area contributed by atoms with Gasteiger partial charge in [0.05, 0.1) is 6.04 Å². The van der Waals surface area contributed by atoms with Crippen molar-refractivity contribution in [1.82, 2.24) is 5.16 Å². The minimum Gasteiger partial charge on any atom is -0.359 e. The smallest absolute Gasteiger partial charge is 0.154 e. The van der Waals surface area contributed by atoms with E-state index in [4.69, 9.17) is 10.3 Å². The van der Waals surface area contributed by atoms with Crippen LogP contribution in [0.1, 0.15) is 25.1 Å². The van der Waals surface area contributed by atoms with Crippen LogP contribution < -0.4 is 5.73 Å². The van der Waals surface area contributed by atoms with E-state index in [9.17, 15) is 0 Å². The van der Waals surface area contributed by atoms with Gasteiger partial charge in [0.1, 0.15) is 5.69 Å². The summed E-state index contributed by atoms with van der Waals surface area (Å²) in [4.78, 5) is 0. The summed E-state index contributed by atoms with van der Waals surface area (Å²) in [6.45, 7) is 2.02. The molecule has 0 radical (unpaired) electrons. The quantitative estimate of drug-likeness (QED) is 0.936. The lowest BCUT2D eigenvalue weighted by molar-refractivity contribution is 0.360. The molecule has 0 saturated carbocycles. The van der Waals surface area contributed by atoms with Crippen molar-refractivity contribution in [3.63, 3.8) is 0 Å². The van der Waals surface area contributed by atoms with E-state index in [1.165, 1.54) is 0 Å². The molecule has 16 heavy (non-hydrogen) atoms. The van der Waals surface area contributed by atoms with Crippen LogP contribution in [-0.4, -0.2) is 5.16 Å². The molecule has 0 aliphatic carbocycles. The Morgan fingerprint density at radius 3 is 2.69 bits per heavy atom. The molecule has 3 nitrogen and oxygen atoms in total. The second-order valence-corrected chi connectivity index (χ2v) is 4.55. The predicted molar refractivity (Wildman–Crippen MR) is 66.9 cm³/mol. The molecule has 0 aliphatic heterocycles. The van der Waals surface area contributed by atoms with Gasteiger partial charge in [-0.05, 0) is 18.6 Å². The summed E-state index contributed by atoms with van der Waals surface area (Å²) in [6, 6.07) is 9.76. The van der Waals surface area contributed by atoms with Crippen molar-refractivity contribution in [1.29, 1.82) is 0 Å². The van der Waals surface area contributed by atoms with E-state index in [2.05, 4.69) is 21.1 Å². The van der Waals surface area contributed by atoms with Gasteiger partial charge in [0.15, 0.2) is 5.76 Å². The topological polar surface area (TPSA) is 52.0 Å². The van der Waals surface area contributed by atoms with Gasteiger partial charge in [0.2, 0.25) is 0 Å². The molecule has 0 spiro atoms. The summed E-state index contributed by atoms with van der Waals surface area (Å²) >= 11 is 3.39. The number of nitrogens with zero attached hydrogens (tertiary/aromatic N) is 1. The Hall–Kier alpha value is -1.13. The summed E-state index contributed by atoms with van der Waals surface area (Å²) in [7, 11) is 0. The molecule has 1 atom stereocenters. The van der Waals surface area contributed by atoms with E-state index in [0.717, 1.165) is 27.9 Å². The number of halogens is 1. The third-order valence-electron chi connectivity index (χ3n) is 2.47. The van der Waals surface area contributed by atoms with E-state index >= 15 is 0 Å². The maximum Gasteiger partial charge on any atom is 0.154 e. The molecule has 2 N–H and O–H groups in total. The Labute approximate surface area is 103 Å². The first-order valence-electron chi connectivity index (χ1n) is 5.19. The van der Waals surface area contributed by atoms with Crippen molar-refractivity contribution in [3.8, 4) is 11.3 Å². The van der Waals surface area contributed by atoms with Gasteiger partial charge in [0, 0.05) is 16.1 Å². The minimum absolute atomic E-state index is 0.0725. The van der Waals surface area contributed by atoms with Gasteiger partial charge in [0.25, 0.3) is 0 Å². The van der Waals surface area contributed by atoms with Gasteiger partial charge in [-0.25, -0.2) is 0 Å². The first kappa shape index (κ1) is 11.4. The van der Waals surface area contributed by atoms with Crippen LogP contribution in [0.15, 0.2) is 39.3 Å². The summed E-state index contributed by atoms with van der Waals surface area (Å²) in [6.07, 6.45) is 0.842. The van der Waals surface area contributed by atoms with Crippen LogP contribution >= 0.6 is 15.9 Å². The summed E-state index contributed by atoms with van der Waals surface area (Å²) < 4.78 is 6.26. The number of rotatable bonds is 3. The number of hydrogen-bond donors (Lipinski definition) is 1. The van der Waals surface area contributed by atoms with Crippen molar-refractivity contribution < 1.29 is 4.52 Å². The van der Waals surface area contributed by atoms with E-state index in [1.807, 2.05) is 37.3 Å². The fraction of sp³-hybridized carbons (Fsp3) is 0.250. The second kappa shape index (κ2) is 4.80. The molecule has 84 valence electrons. The monoisotopic (exact) mass is 280 g/mol. The molecule has 4 heteroatoms. The van der Waals surface area contributed by atoms with Crippen LogP contribution in [0.5, 0.6) is 0 Å². The zero-order valence-corrected chi connectivity index (χ0v) is 10.6. The van der Waals surface area contributed by atoms with Crippen LogP contribution in [0.3, 0.4) is 0 Å². The van der Waals surface area contributed by atoms with Gasteiger partial charge in [-0.15, -0.1) is 0 Å². The lowest BCUT2D eigenvalue weighted by atomic mass is 10.1. The molecule has 0 bridgehead atoms. The van der Waals surface area contributed by atoms with Crippen LogP contribution in [0.2, 0.25) is 0 Å². The molecule has 0 aliphatic rings. The number of hydrogen-bond acceptors (Lipinski definition) is 3. The van der Waals surface area contributed by atoms with Crippen LogP contribution in [0.4, 0.5) is 0 Å². The Balaban J connectivity index is 2.28. The summed E-state index contributed by atoms with van der Waals surface area (Å²) in [5, 5.41) is 4.01. The third-order valence-corrected chi connectivity index (χ3v) is 3.00. The molecule has 2 rings (SSSR count). The normalized spacial score (nSPS) is 12.7. The summed E-state index contributed by atoms with van der Waals surface area (Å²) in [5.41, 5.74) is 7.72. The summed E-state index contributed by atoms with van der Waals surface area (Å²) in [5.74, 6) is 0.736. The van der Waals surface area contributed by atoms with Gasteiger partial charge in [-0.3, -0.25) is 0 Å². The first-order chi connectivity index (χ1) is 7.70.